The first kappa shape index (κ1) is 13.4. The lowest BCUT2D eigenvalue weighted by molar-refractivity contribution is -0.122. The Balaban J connectivity index is 2.15. The lowest BCUT2D eigenvalue weighted by Gasteiger charge is -2.14. The summed E-state index contributed by atoms with van der Waals surface area (Å²) >= 11 is 0. The van der Waals surface area contributed by atoms with E-state index in [1.807, 2.05) is 0 Å². The number of amides is 1. The normalized spacial score (nSPS) is 26.3. The van der Waals surface area contributed by atoms with Crippen molar-refractivity contribution < 1.29 is 15.0 Å². The third kappa shape index (κ3) is 4.47. The van der Waals surface area contributed by atoms with Gasteiger partial charge in [-0.2, -0.15) is 0 Å². The van der Waals surface area contributed by atoms with Crippen molar-refractivity contribution in [1.29, 1.82) is 0 Å². The molecular weight excluding hydrogens is 208 g/mol. The Labute approximate surface area is 96.4 Å². The van der Waals surface area contributed by atoms with E-state index in [1.54, 1.807) is 4.90 Å². The summed E-state index contributed by atoms with van der Waals surface area (Å²) < 4.78 is 0. The molecule has 1 aliphatic heterocycles. The highest BCUT2D eigenvalue weighted by molar-refractivity contribution is 5.78. The van der Waals surface area contributed by atoms with Crippen molar-refractivity contribution in [3.8, 4) is 0 Å². The average molecular weight is 230 g/mol. The quantitative estimate of drug-likeness (QED) is 0.577. The van der Waals surface area contributed by atoms with Crippen LogP contribution < -0.4 is 5.32 Å². The molecule has 0 aromatic rings. The molecule has 0 radical (unpaired) electrons. The van der Waals surface area contributed by atoms with Crippen molar-refractivity contribution >= 4 is 5.91 Å². The van der Waals surface area contributed by atoms with Crippen LogP contribution in [-0.2, 0) is 4.79 Å². The molecular formula is C11H22N2O3. The molecule has 0 saturated carbocycles. The lowest BCUT2D eigenvalue weighted by atomic mass is 10.1. The van der Waals surface area contributed by atoms with E-state index in [4.69, 9.17) is 0 Å². The molecule has 0 unspecified atom stereocenters. The van der Waals surface area contributed by atoms with Crippen LogP contribution in [0.4, 0.5) is 0 Å². The van der Waals surface area contributed by atoms with Crippen molar-refractivity contribution in [2.24, 2.45) is 5.92 Å². The average Bonchev–Trinajstić information content (AvgIpc) is 2.44. The molecule has 0 aliphatic carbocycles. The first-order valence-electron chi connectivity index (χ1n) is 5.84. The van der Waals surface area contributed by atoms with Crippen LogP contribution in [0.25, 0.3) is 0 Å². The Hall–Kier alpha value is -0.650. The van der Waals surface area contributed by atoms with Crippen molar-refractivity contribution in [1.82, 2.24) is 10.2 Å². The highest BCUT2D eigenvalue weighted by Gasteiger charge is 2.30. The van der Waals surface area contributed by atoms with E-state index in [2.05, 4.69) is 19.2 Å². The molecule has 2 atom stereocenters. The Morgan fingerprint density at radius 2 is 1.94 bits per heavy atom. The predicted molar refractivity (Wildman–Crippen MR) is 60.9 cm³/mol. The Morgan fingerprint density at radius 1 is 1.38 bits per heavy atom. The largest absolute Gasteiger partial charge is 0.389 e. The van der Waals surface area contributed by atoms with Gasteiger partial charge < -0.3 is 15.5 Å². The molecule has 0 spiro atoms. The number of carbonyl (C=O) groups is 1. The van der Waals surface area contributed by atoms with Crippen LogP contribution in [0, 0.1) is 5.92 Å². The minimum Gasteiger partial charge on any atom is -0.389 e. The summed E-state index contributed by atoms with van der Waals surface area (Å²) in [7, 11) is 0. The number of β-amino-alcohol motifs (C(OH)–C–C–N with tert-alkyl or cyclic N) is 2. The van der Waals surface area contributed by atoms with Gasteiger partial charge in [-0.05, 0) is 12.3 Å². The van der Waals surface area contributed by atoms with E-state index in [0.29, 0.717) is 25.6 Å². The first-order valence-corrected chi connectivity index (χ1v) is 5.84. The molecule has 1 saturated heterocycles. The molecule has 1 amide bonds. The number of nitrogens with zero attached hydrogens (tertiary/aromatic N) is 1. The van der Waals surface area contributed by atoms with E-state index < -0.39 is 12.2 Å². The fraction of sp³-hybridized carbons (Fsp3) is 0.909. The summed E-state index contributed by atoms with van der Waals surface area (Å²) in [5, 5.41) is 21.4. The zero-order valence-electron chi connectivity index (χ0n) is 10.0. The molecule has 1 fully saturated rings. The molecule has 3 N–H and O–H groups in total. The first-order chi connectivity index (χ1) is 7.49. The third-order valence-electron chi connectivity index (χ3n) is 2.75. The van der Waals surface area contributed by atoms with Crippen LogP contribution in [0.5, 0.6) is 0 Å². The smallest absolute Gasteiger partial charge is 0.234 e. The lowest BCUT2D eigenvalue weighted by Crippen LogP contribution is -2.37. The molecule has 0 aromatic heterocycles. The van der Waals surface area contributed by atoms with Crippen molar-refractivity contribution in [2.75, 3.05) is 26.2 Å². The summed E-state index contributed by atoms with van der Waals surface area (Å²) in [6.45, 7) is 5.91. The van der Waals surface area contributed by atoms with E-state index >= 15 is 0 Å². The highest BCUT2D eigenvalue weighted by atomic mass is 16.3. The number of aliphatic hydroxyl groups is 2. The standard InChI is InChI=1S/C11H22N2O3/c1-8(2)3-4-12-11(16)7-13-5-9(14)10(15)6-13/h8-10,14-15H,3-7H2,1-2H3,(H,12,16)/t9-,10+. The van der Waals surface area contributed by atoms with Crippen LogP contribution in [0.15, 0.2) is 0 Å². The number of aliphatic hydroxyl groups excluding tert-OH is 2. The van der Waals surface area contributed by atoms with E-state index in [9.17, 15) is 15.0 Å². The molecule has 1 rings (SSSR count). The van der Waals surface area contributed by atoms with Crippen molar-refractivity contribution in [3.05, 3.63) is 0 Å². The van der Waals surface area contributed by atoms with E-state index in [-0.39, 0.29) is 12.5 Å². The predicted octanol–water partition coefficient (Wildman–Crippen LogP) is -0.814. The van der Waals surface area contributed by atoms with Crippen LogP contribution in [0.2, 0.25) is 0 Å². The van der Waals surface area contributed by atoms with Gasteiger partial charge in [-0.1, -0.05) is 13.8 Å². The van der Waals surface area contributed by atoms with Crippen LogP contribution in [0.3, 0.4) is 0 Å². The summed E-state index contributed by atoms with van der Waals surface area (Å²) in [6.07, 6.45) is -0.469. The Bertz CT molecular complexity index is 223. The van der Waals surface area contributed by atoms with Gasteiger partial charge in [0.2, 0.25) is 5.91 Å². The van der Waals surface area contributed by atoms with Crippen LogP contribution in [0.1, 0.15) is 20.3 Å². The topological polar surface area (TPSA) is 72.8 Å². The summed E-state index contributed by atoms with van der Waals surface area (Å²) in [5.41, 5.74) is 0. The molecule has 1 heterocycles. The van der Waals surface area contributed by atoms with Gasteiger partial charge in [0.25, 0.3) is 0 Å². The number of hydrogen-bond acceptors (Lipinski definition) is 4. The summed E-state index contributed by atoms with van der Waals surface area (Å²) in [4.78, 5) is 13.2. The summed E-state index contributed by atoms with van der Waals surface area (Å²) in [5.74, 6) is 0.540. The van der Waals surface area contributed by atoms with Gasteiger partial charge >= 0.3 is 0 Å². The highest BCUT2D eigenvalue weighted by Crippen LogP contribution is 2.08. The van der Waals surface area contributed by atoms with Gasteiger partial charge in [0, 0.05) is 19.6 Å². The zero-order valence-corrected chi connectivity index (χ0v) is 10.0. The number of rotatable bonds is 5. The Kier molecular flexibility index (Phi) is 5.18. The maximum absolute atomic E-state index is 11.5. The molecule has 16 heavy (non-hydrogen) atoms. The number of hydrogen-bond donors (Lipinski definition) is 3. The number of nitrogens with one attached hydrogen (secondary N) is 1. The van der Waals surface area contributed by atoms with Gasteiger partial charge in [-0.15, -0.1) is 0 Å². The minimum absolute atomic E-state index is 0.0399. The second-order valence-electron chi connectivity index (χ2n) is 4.86. The molecule has 0 bridgehead atoms. The van der Waals surface area contributed by atoms with Gasteiger partial charge in [-0.3, -0.25) is 9.69 Å². The molecule has 5 heteroatoms. The van der Waals surface area contributed by atoms with E-state index in [1.165, 1.54) is 0 Å². The van der Waals surface area contributed by atoms with E-state index in [0.717, 1.165) is 6.42 Å². The van der Waals surface area contributed by atoms with Gasteiger partial charge in [-0.25, -0.2) is 0 Å². The fourth-order valence-corrected chi connectivity index (χ4v) is 1.74. The Morgan fingerprint density at radius 3 is 2.44 bits per heavy atom. The number of likely N-dealkylation sites (tertiary alicyclic amines) is 1. The zero-order chi connectivity index (χ0) is 12.1. The molecule has 94 valence electrons. The molecule has 0 aromatic carbocycles. The molecule has 1 aliphatic rings. The fourth-order valence-electron chi connectivity index (χ4n) is 1.74. The third-order valence-corrected chi connectivity index (χ3v) is 2.75. The minimum atomic E-state index is -0.719. The van der Waals surface area contributed by atoms with Crippen molar-refractivity contribution in [2.45, 2.75) is 32.5 Å². The second kappa shape index (κ2) is 6.18. The molecule has 5 nitrogen and oxygen atoms in total. The maximum atomic E-state index is 11.5. The maximum Gasteiger partial charge on any atom is 0.234 e. The van der Waals surface area contributed by atoms with Gasteiger partial charge in [0.05, 0.1) is 18.8 Å². The SMILES string of the molecule is CC(C)CCNC(=O)CN1C[C@@H](O)[C@@H](O)C1. The van der Waals surface area contributed by atoms with Gasteiger partial charge in [0.1, 0.15) is 0 Å². The van der Waals surface area contributed by atoms with Gasteiger partial charge in [0.15, 0.2) is 0 Å². The number of carbonyl (C=O) groups excluding carboxylic acids is 1. The second-order valence-corrected chi connectivity index (χ2v) is 4.86. The van der Waals surface area contributed by atoms with Crippen LogP contribution in [-0.4, -0.2) is 59.4 Å². The summed E-state index contributed by atoms with van der Waals surface area (Å²) in [6, 6.07) is 0. The van der Waals surface area contributed by atoms with Crippen molar-refractivity contribution in [3.63, 3.8) is 0 Å². The van der Waals surface area contributed by atoms with Crippen LogP contribution >= 0.6 is 0 Å². The monoisotopic (exact) mass is 230 g/mol.